The molecule has 3 aliphatic rings. The number of rotatable bonds is 29. The third kappa shape index (κ3) is 16.6. The van der Waals surface area contributed by atoms with Crippen LogP contribution in [0.25, 0.3) is 27.8 Å². The Balaban J connectivity index is 1.30. The number of nitrogens with one attached hydrogen (secondary N) is 2. The molecule has 74 heavy (non-hydrogen) atoms. The van der Waals surface area contributed by atoms with Crippen molar-refractivity contribution in [2.75, 3.05) is 69.8 Å². The molecule has 2 aromatic rings. The Labute approximate surface area is 435 Å². The molecular weight excluding hydrogens is 999 g/mol. The van der Waals surface area contributed by atoms with Crippen molar-refractivity contribution in [3.05, 3.63) is 123 Å². The Hall–Kier alpha value is -6.27. The number of anilines is 1. The van der Waals surface area contributed by atoms with Crippen LogP contribution in [0.1, 0.15) is 94.5 Å². The zero-order valence-corrected chi connectivity index (χ0v) is 44.1. The number of carboxylic acids is 1. The van der Waals surface area contributed by atoms with E-state index in [0.29, 0.717) is 48.6 Å². The van der Waals surface area contributed by atoms with E-state index in [2.05, 4.69) is 92.3 Å². The summed E-state index contributed by atoms with van der Waals surface area (Å²) in [5, 5.41) is 31.3. The van der Waals surface area contributed by atoms with Crippen molar-refractivity contribution < 1.29 is 65.7 Å². The van der Waals surface area contributed by atoms with Gasteiger partial charge in [0.05, 0.1) is 24.2 Å². The van der Waals surface area contributed by atoms with Crippen molar-refractivity contribution in [3.8, 4) is 17.1 Å². The van der Waals surface area contributed by atoms with Crippen LogP contribution in [0.5, 0.6) is 5.75 Å². The van der Waals surface area contributed by atoms with Gasteiger partial charge in [0, 0.05) is 82.8 Å². The summed E-state index contributed by atoms with van der Waals surface area (Å²) in [6.07, 6.45) is 6.12. The molecular formula is C51H66N7O14S2+. The second kappa shape index (κ2) is 27.9. The summed E-state index contributed by atoms with van der Waals surface area (Å²) >= 11 is 0.920. The van der Waals surface area contributed by atoms with Crippen LogP contribution in [0.3, 0.4) is 0 Å². The highest BCUT2D eigenvalue weighted by Gasteiger charge is 2.43. The molecule has 400 valence electrons. The zero-order valence-electron chi connectivity index (χ0n) is 42.4. The quantitative estimate of drug-likeness (QED) is 0.00400. The first kappa shape index (κ1) is 58.6. The van der Waals surface area contributed by atoms with Gasteiger partial charge in [-0.2, -0.15) is 8.42 Å². The number of carbonyl (C=O) groups excluding carboxylic acids is 2. The molecule has 1 aliphatic carbocycles. The van der Waals surface area contributed by atoms with Gasteiger partial charge < -0.3 is 39.3 Å². The van der Waals surface area contributed by atoms with Crippen molar-refractivity contribution in [2.45, 2.75) is 89.2 Å². The highest BCUT2D eigenvalue weighted by Crippen LogP contribution is 2.51. The second-order valence-corrected chi connectivity index (χ2v) is 20.5. The van der Waals surface area contributed by atoms with E-state index in [1.807, 2.05) is 31.2 Å². The van der Waals surface area contributed by atoms with Crippen LogP contribution >= 0.6 is 12.0 Å². The largest absolute Gasteiger partial charge is 0.491 e. The molecule has 5 rings (SSSR count). The van der Waals surface area contributed by atoms with Gasteiger partial charge >= 0.3 is 5.97 Å². The predicted molar refractivity (Wildman–Crippen MR) is 279 cm³/mol. The minimum Gasteiger partial charge on any atom is -0.491 e. The van der Waals surface area contributed by atoms with Crippen LogP contribution in [0.15, 0.2) is 99.0 Å². The fourth-order valence-corrected chi connectivity index (χ4v) is 9.46. The Kier molecular flexibility index (Phi) is 22.1. The molecule has 21 nitrogen and oxygen atoms in total. The lowest BCUT2D eigenvalue weighted by molar-refractivity contribution is -0.432. The van der Waals surface area contributed by atoms with Gasteiger partial charge in [-0.1, -0.05) is 43.1 Å². The number of carboxylic acid groups (broad SMARTS) is 1. The smallest absolute Gasteiger partial charge is 0.329 e. The minimum absolute atomic E-state index is 0.0439. The summed E-state index contributed by atoms with van der Waals surface area (Å²) < 4.78 is 64.6. The number of amides is 2. The molecule has 2 aliphatic heterocycles. The fraction of sp³-hybridized carbons (Fsp3) is 0.451. The molecule has 23 heteroatoms. The Bertz CT molecular complexity index is 2840. The maximum absolute atomic E-state index is 13.3. The molecule has 0 aromatic heterocycles. The monoisotopic (exact) mass is 1060 g/mol. The predicted octanol–water partition coefficient (Wildman–Crippen LogP) is 7.72. The average Bonchev–Trinajstić information content (AvgIpc) is 3.58. The molecule has 0 saturated carbocycles. The zero-order chi connectivity index (χ0) is 53.9. The lowest BCUT2D eigenvalue weighted by atomic mass is 9.77. The number of carbonyl (C=O) groups is 3. The number of azide groups is 1. The lowest BCUT2D eigenvalue weighted by Crippen LogP contribution is -2.35. The summed E-state index contributed by atoms with van der Waals surface area (Å²) in [5.74, 6) is 0.273. The van der Waals surface area contributed by atoms with E-state index < -0.39 is 40.2 Å². The number of hydrogen-bond donors (Lipinski definition) is 5. The highest BCUT2D eigenvalue weighted by molar-refractivity contribution is 7.94. The SMILES string of the molecule is CC[N+](CC)=c1ccc2c(C(C)(C)C)cc(/C=C/C=C3/N(CCCSOOO)c4ccc(S(=O)(=O)O)cc4C3(C)CCCC(=O)NCCNC(=O)c3cccc(OCC(N=[N+]=[N-])OCCOCC(=O)O)c3)oc-2c1. The summed E-state index contributed by atoms with van der Waals surface area (Å²) in [6, 6.07) is 19.1. The standard InChI is InChI=1S/C51H65N7O14S2/c1-7-57(8-2)36-18-20-40-41(50(3,4)5)31-38(70-44(40)30-36)15-10-16-45-51(6,42-32-39(74(64,65)66)19-21-43(42)58(45)25-12-28-73-72-71-63)22-11-17-46(59)53-23-24-54-49(62)35-13-9-14-37(29-35)69-33-47(55-56-52)68-27-26-67-34-48(60)61/h9-10,13-16,18-21,29-32,47H,7-8,11-12,17,22-28,33-34H2,1-6H3,(H4-,53,54,59,60,61,62,63,64,65,66)/p+1. The van der Waals surface area contributed by atoms with E-state index in [0.717, 1.165) is 58.8 Å². The molecule has 5 N–H and O–H groups in total. The van der Waals surface area contributed by atoms with Crippen molar-refractivity contribution in [1.82, 2.24) is 15.2 Å². The van der Waals surface area contributed by atoms with Crippen LogP contribution < -0.4 is 30.2 Å². The third-order valence-corrected chi connectivity index (χ3v) is 13.6. The molecule has 0 spiro atoms. The number of aliphatic carboxylic acids is 1. The van der Waals surface area contributed by atoms with Crippen LogP contribution in [0.4, 0.5) is 5.69 Å². The number of fused-ring (bicyclic) bond motifs is 2. The van der Waals surface area contributed by atoms with Gasteiger partial charge in [0.15, 0.2) is 6.23 Å². The van der Waals surface area contributed by atoms with Gasteiger partial charge in [0.1, 0.15) is 43.6 Å². The van der Waals surface area contributed by atoms with Crippen molar-refractivity contribution in [1.29, 1.82) is 0 Å². The number of ether oxygens (including phenoxy) is 3. The maximum atomic E-state index is 13.3. The number of allylic oxidation sites excluding steroid dienone is 3. The van der Waals surface area contributed by atoms with E-state index in [9.17, 15) is 27.4 Å². The Morgan fingerprint density at radius 1 is 1.03 bits per heavy atom. The van der Waals surface area contributed by atoms with Gasteiger partial charge in [-0.25, -0.2) is 14.6 Å². The van der Waals surface area contributed by atoms with Gasteiger partial charge in [-0.15, -0.1) is 4.33 Å². The molecule has 2 aromatic carbocycles. The molecule has 2 unspecified atom stereocenters. The number of nitrogens with zero attached hydrogens (tertiary/aromatic N) is 5. The fourth-order valence-electron chi connectivity index (χ4n) is 8.59. The van der Waals surface area contributed by atoms with Gasteiger partial charge in [-0.05, 0) is 123 Å². The van der Waals surface area contributed by atoms with Crippen LogP contribution in [0, 0.1) is 0 Å². The minimum atomic E-state index is -4.58. The van der Waals surface area contributed by atoms with E-state index in [1.54, 1.807) is 24.3 Å². The maximum Gasteiger partial charge on any atom is 0.329 e. The summed E-state index contributed by atoms with van der Waals surface area (Å²) in [7, 11) is -4.58. The average molecular weight is 1070 g/mol. The summed E-state index contributed by atoms with van der Waals surface area (Å²) in [4.78, 5) is 41.5. The third-order valence-electron chi connectivity index (χ3n) is 12.2. The lowest BCUT2D eigenvalue weighted by Gasteiger charge is -2.30. The van der Waals surface area contributed by atoms with Crippen molar-refractivity contribution >= 4 is 51.7 Å². The molecule has 2 heterocycles. The van der Waals surface area contributed by atoms with E-state index in [4.69, 9.17) is 34.5 Å². The van der Waals surface area contributed by atoms with Crippen LogP contribution in [-0.4, -0.2) is 112 Å². The topological polar surface area (TPSA) is 284 Å². The van der Waals surface area contributed by atoms with Crippen molar-refractivity contribution in [2.24, 2.45) is 5.11 Å². The van der Waals surface area contributed by atoms with Crippen LogP contribution in [-0.2, 0) is 49.4 Å². The molecule has 0 fully saturated rings. The molecule has 0 radical (unpaired) electrons. The van der Waals surface area contributed by atoms with Crippen LogP contribution in [0.2, 0.25) is 0 Å². The van der Waals surface area contributed by atoms with Crippen molar-refractivity contribution in [3.63, 3.8) is 0 Å². The first-order chi connectivity index (χ1) is 35.3. The highest BCUT2D eigenvalue weighted by atomic mass is 32.2. The van der Waals surface area contributed by atoms with E-state index in [1.165, 1.54) is 18.2 Å². The Morgan fingerprint density at radius 3 is 2.50 bits per heavy atom. The molecule has 0 bridgehead atoms. The van der Waals surface area contributed by atoms with Gasteiger partial charge in [-0.3, -0.25) is 14.1 Å². The summed E-state index contributed by atoms with van der Waals surface area (Å²) in [6.45, 7) is 14.3. The normalized spacial score (nSPS) is 15.5. The Morgan fingerprint density at radius 2 is 1.80 bits per heavy atom. The first-order valence-electron chi connectivity index (χ1n) is 24.1. The van der Waals surface area contributed by atoms with Gasteiger partial charge in [0.25, 0.3) is 16.0 Å². The van der Waals surface area contributed by atoms with Gasteiger partial charge in [0.2, 0.25) is 11.3 Å². The molecule has 2 atom stereocenters. The van der Waals surface area contributed by atoms with E-state index in [-0.39, 0.29) is 61.1 Å². The van der Waals surface area contributed by atoms with E-state index >= 15 is 0 Å². The molecule has 0 saturated heterocycles. The number of benzene rings is 3. The molecule has 2 amide bonds. The second-order valence-electron chi connectivity index (χ2n) is 18.3. The summed E-state index contributed by atoms with van der Waals surface area (Å²) in [5.41, 5.74) is 12.4. The first-order valence-corrected chi connectivity index (χ1v) is 26.5. The number of hydrogen-bond acceptors (Lipinski definition) is 15.